The molecule has 0 fully saturated rings. The van der Waals surface area contributed by atoms with Gasteiger partial charge in [0.15, 0.2) is 5.75 Å². The number of carboxylic acids is 1. The lowest BCUT2D eigenvalue weighted by Gasteiger charge is -2.11. The first kappa shape index (κ1) is 16.3. The molecule has 0 saturated carbocycles. The number of aromatic carboxylic acids is 1. The molecule has 0 unspecified atom stereocenters. The minimum atomic E-state index is -0.946. The number of rotatable bonds is 5. The molecule has 0 atom stereocenters. The molecule has 0 aliphatic heterocycles. The maximum absolute atomic E-state index is 11.0. The zero-order chi connectivity index (χ0) is 15.4. The average Bonchev–Trinajstić information content (AvgIpc) is 2.44. The number of carboxylic acid groups (broad SMARTS) is 1. The lowest BCUT2D eigenvalue weighted by Crippen LogP contribution is -2.00. The van der Waals surface area contributed by atoms with Crippen molar-refractivity contribution in [2.45, 2.75) is 6.92 Å². The normalized spacial score (nSPS) is 10.2. The molecule has 0 aromatic heterocycles. The van der Waals surface area contributed by atoms with E-state index in [1.807, 2.05) is 31.2 Å². The van der Waals surface area contributed by atoms with Gasteiger partial charge in [-0.05, 0) is 88.5 Å². The predicted octanol–water partition coefficient (Wildman–Crippen LogP) is 4.79. The minimum absolute atomic E-state index is 0.253. The standard InChI is InChI=1S/C15H12I2O4/c1-2-20-10-3-5-11(6-4-10)21-14-12(16)7-9(15(18)19)8-13(14)17/h3-8H,2H2,1H3,(H,18,19). The van der Waals surface area contributed by atoms with Crippen LogP contribution in [0, 0.1) is 7.14 Å². The average molecular weight is 510 g/mol. The van der Waals surface area contributed by atoms with Crippen LogP contribution in [-0.2, 0) is 0 Å². The van der Waals surface area contributed by atoms with E-state index in [9.17, 15) is 4.79 Å². The summed E-state index contributed by atoms with van der Waals surface area (Å²) in [7, 11) is 0. The number of hydrogen-bond donors (Lipinski definition) is 1. The molecule has 2 aromatic carbocycles. The molecule has 0 spiro atoms. The van der Waals surface area contributed by atoms with Gasteiger partial charge >= 0.3 is 5.97 Å². The van der Waals surface area contributed by atoms with Crippen LogP contribution in [0.3, 0.4) is 0 Å². The van der Waals surface area contributed by atoms with Crippen molar-refractivity contribution in [1.29, 1.82) is 0 Å². The summed E-state index contributed by atoms with van der Waals surface area (Å²) in [5.74, 6) is 1.18. The van der Waals surface area contributed by atoms with E-state index in [0.717, 1.165) is 12.9 Å². The molecule has 21 heavy (non-hydrogen) atoms. The topological polar surface area (TPSA) is 55.8 Å². The Balaban J connectivity index is 2.25. The molecule has 4 nitrogen and oxygen atoms in total. The van der Waals surface area contributed by atoms with E-state index in [-0.39, 0.29) is 5.56 Å². The third kappa shape index (κ3) is 4.22. The van der Waals surface area contributed by atoms with Gasteiger partial charge < -0.3 is 14.6 Å². The molecule has 0 radical (unpaired) electrons. The van der Waals surface area contributed by atoms with Crippen molar-refractivity contribution in [3.8, 4) is 17.2 Å². The van der Waals surface area contributed by atoms with Crippen molar-refractivity contribution in [1.82, 2.24) is 0 Å². The Kier molecular flexibility index (Phi) is 5.68. The summed E-state index contributed by atoms with van der Waals surface area (Å²) in [5.41, 5.74) is 0.253. The molecule has 110 valence electrons. The second-order valence-corrected chi connectivity index (χ2v) is 6.41. The first-order chi connectivity index (χ1) is 10.0. The fraction of sp³-hybridized carbons (Fsp3) is 0.133. The second-order valence-electron chi connectivity index (χ2n) is 4.08. The van der Waals surface area contributed by atoms with Crippen LogP contribution in [0.15, 0.2) is 36.4 Å². The van der Waals surface area contributed by atoms with Gasteiger partial charge in [0.1, 0.15) is 11.5 Å². The fourth-order valence-electron chi connectivity index (χ4n) is 1.67. The van der Waals surface area contributed by atoms with Crippen LogP contribution in [0.1, 0.15) is 17.3 Å². The molecule has 0 amide bonds. The zero-order valence-electron chi connectivity index (χ0n) is 11.1. The van der Waals surface area contributed by atoms with Gasteiger partial charge in [0.25, 0.3) is 0 Å². The smallest absolute Gasteiger partial charge is 0.335 e. The van der Waals surface area contributed by atoms with Gasteiger partial charge in [0, 0.05) is 0 Å². The monoisotopic (exact) mass is 510 g/mol. The molecule has 0 aliphatic rings. The van der Waals surface area contributed by atoms with Gasteiger partial charge in [-0.15, -0.1) is 0 Å². The third-order valence-corrected chi connectivity index (χ3v) is 4.20. The molecule has 2 rings (SSSR count). The summed E-state index contributed by atoms with van der Waals surface area (Å²) in [6, 6.07) is 10.5. The quantitative estimate of drug-likeness (QED) is 0.589. The molecule has 6 heteroatoms. The van der Waals surface area contributed by atoms with Crippen molar-refractivity contribution >= 4 is 51.2 Å². The van der Waals surface area contributed by atoms with Crippen LogP contribution in [0.2, 0.25) is 0 Å². The minimum Gasteiger partial charge on any atom is -0.494 e. The Morgan fingerprint density at radius 2 is 1.62 bits per heavy atom. The van der Waals surface area contributed by atoms with Crippen molar-refractivity contribution in [3.63, 3.8) is 0 Å². The van der Waals surface area contributed by atoms with E-state index in [1.54, 1.807) is 12.1 Å². The van der Waals surface area contributed by atoms with E-state index < -0.39 is 5.97 Å². The van der Waals surface area contributed by atoms with Gasteiger partial charge in [0.05, 0.1) is 19.3 Å². The molecule has 0 saturated heterocycles. The maximum Gasteiger partial charge on any atom is 0.335 e. The number of hydrogen-bond acceptors (Lipinski definition) is 3. The first-order valence-corrected chi connectivity index (χ1v) is 8.30. The Bertz CT molecular complexity index is 630. The SMILES string of the molecule is CCOc1ccc(Oc2c(I)cc(C(=O)O)cc2I)cc1. The predicted molar refractivity (Wildman–Crippen MR) is 96.5 cm³/mol. The molecule has 1 N–H and O–H groups in total. The van der Waals surface area contributed by atoms with Crippen LogP contribution in [0.5, 0.6) is 17.2 Å². The fourth-order valence-corrected chi connectivity index (χ4v) is 3.66. The Labute approximate surface area is 149 Å². The number of ether oxygens (including phenoxy) is 2. The lowest BCUT2D eigenvalue weighted by molar-refractivity contribution is 0.0696. The van der Waals surface area contributed by atoms with Crippen LogP contribution < -0.4 is 9.47 Å². The summed E-state index contributed by atoms with van der Waals surface area (Å²) < 4.78 is 12.7. The number of halogens is 2. The van der Waals surface area contributed by atoms with E-state index in [4.69, 9.17) is 14.6 Å². The zero-order valence-corrected chi connectivity index (χ0v) is 15.4. The van der Waals surface area contributed by atoms with Crippen LogP contribution >= 0.6 is 45.2 Å². The highest BCUT2D eigenvalue weighted by atomic mass is 127. The number of carbonyl (C=O) groups is 1. The van der Waals surface area contributed by atoms with Crippen molar-refractivity contribution in [3.05, 3.63) is 49.1 Å². The van der Waals surface area contributed by atoms with Crippen molar-refractivity contribution < 1.29 is 19.4 Å². The highest BCUT2D eigenvalue weighted by molar-refractivity contribution is 14.1. The first-order valence-electron chi connectivity index (χ1n) is 6.14. The highest BCUT2D eigenvalue weighted by Crippen LogP contribution is 2.33. The van der Waals surface area contributed by atoms with Crippen LogP contribution in [0.4, 0.5) is 0 Å². The Morgan fingerprint density at radius 1 is 1.10 bits per heavy atom. The molecular formula is C15H12I2O4. The van der Waals surface area contributed by atoms with Crippen LogP contribution in [0.25, 0.3) is 0 Å². The summed E-state index contributed by atoms with van der Waals surface area (Å²) in [6.07, 6.45) is 0. The van der Waals surface area contributed by atoms with Gasteiger partial charge in [0.2, 0.25) is 0 Å². The summed E-state index contributed by atoms with van der Waals surface area (Å²) in [4.78, 5) is 11.0. The molecular weight excluding hydrogens is 498 g/mol. The van der Waals surface area contributed by atoms with Gasteiger partial charge in [-0.3, -0.25) is 0 Å². The van der Waals surface area contributed by atoms with Gasteiger partial charge in [-0.1, -0.05) is 0 Å². The van der Waals surface area contributed by atoms with E-state index in [0.29, 0.717) is 18.1 Å². The van der Waals surface area contributed by atoms with E-state index in [1.165, 1.54) is 0 Å². The van der Waals surface area contributed by atoms with Gasteiger partial charge in [-0.25, -0.2) is 4.79 Å². The maximum atomic E-state index is 11.0. The molecule has 0 aliphatic carbocycles. The Hall–Kier alpha value is -1.03. The Morgan fingerprint density at radius 3 is 2.10 bits per heavy atom. The third-order valence-electron chi connectivity index (χ3n) is 2.60. The van der Waals surface area contributed by atoms with Crippen molar-refractivity contribution in [2.75, 3.05) is 6.61 Å². The van der Waals surface area contributed by atoms with Crippen molar-refractivity contribution in [2.24, 2.45) is 0 Å². The second kappa shape index (κ2) is 7.30. The van der Waals surface area contributed by atoms with E-state index in [2.05, 4.69) is 45.2 Å². The summed E-state index contributed by atoms with van der Waals surface area (Å²) in [5, 5.41) is 9.03. The molecule has 0 heterocycles. The van der Waals surface area contributed by atoms with Crippen LogP contribution in [-0.4, -0.2) is 17.7 Å². The highest BCUT2D eigenvalue weighted by Gasteiger charge is 2.13. The van der Waals surface area contributed by atoms with E-state index >= 15 is 0 Å². The summed E-state index contributed by atoms with van der Waals surface area (Å²) >= 11 is 4.15. The summed E-state index contributed by atoms with van der Waals surface area (Å²) in [6.45, 7) is 2.55. The molecule has 2 aromatic rings. The lowest BCUT2D eigenvalue weighted by atomic mass is 10.2. The molecule has 0 bridgehead atoms. The number of benzene rings is 2. The van der Waals surface area contributed by atoms with Gasteiger partial charge in [-0.2, -0.15) is 0 Å². The largest absolute Gasteiger partial charge is 0.494 e.